The fourth-order valence-electron chi connectivity index (χ4n) is 1.24. The molecule has 0 spiro atoms. The van der Waals surface area contributed by atoms with Gasteiger partial charge in [0.25, 0.3) is 0 Å². The van der Waals surface area contributed by atoms with E-state index in [-0.39, 0.29) is 12.0 Å². The van der Waals surface area contributed by atoms with E-state index in [2.05, 4.69) is 25.7 Å². The SMILES string of the molecule is C=CCCNC(CC(C)C)C(=O)OC. The maximum Gasteiger partial charge on any atom is 0.322 e. The summed E-state index contributed by atoms with van der Waals surface area (Å²) in [5.41, 5.74) is 0. The van der Waals surface area contributed by atoms with E-state index in [0.717, 1.165) is 19.4 Å². The molecule has 3 nitrogen and oxygen atoms in total. The first-order valence-corrected chi connectivity index (χ1v) is 5.04. The summed E-state index contributed by atoms with van der Waals surface area (Å²) in [6.45, 7) is 8.58. The molecule has 0 aromatic heterocycles. The van der Waals surface area contributed by atoms with Crippen molar-refractivity contribution in [2.75, 3.05) is 13.7 Å². The summed E-state index contributed by atoms with van der Waals surface area (Å²) in [7, 11) is 1.42. The lowest BCUT2D eigenvalue weighted by Gasteiger charge is -2.17. The van der Waals surface area contributed by atoms with Crippen LogP contribution in [0.5, 0.6) is 0 Å². The molecule has 0 radical (unpaired) electrons. The molecule has 0 aromatic carbocycles. The Morgan fingerprint density at radius 1 is 1.57 bits per heavy atom. The molecule has 0 fully saturated rings. The molecule has 0 aliphatic rings. The molecule has 0 amide bonds. The third-order valence-corrected chi connectivity index (χ3v) is 1.93. The molecule has 0 aliphatic carbocycles. The smallest absolute Gasteiger partial charge is 0.322 e. The average molecular weight is 199 g/mol. The number of ether oxygens (including phenoxy) is 1. The zero-order valence-corrected chi connectivity index (χ0v) is 9.38. The van der Waals surface area contributed by atoms with E-state index in [4.69, 9.17) is 4.74 Å². The number of hydrogen-bond donors (Lipinski definition) is 1. The Labute approximate surface area is 86.5 Å². The van der Waals surface area contributed by atoms with Crippen LogP contribution in [-0.4, -0.2) is 25.7 Å². The van der Waals surface area contributed by atoms with Gasteiger partial charge in [-0.1, -0.05) is 19.9 Å². The summed E-state index contributed by atoms with van der Waals surface area (Å²) in [5, 5.41) is 3.16. The van der Waals surface area contributed by atoms with Gasteiger partial charge in [0.1, 0.15) is 6.04 Å². The van der Waals surface area contributed by atoms with Gasteiger partial charge in [-0.3, -0.25) is 4.79 Å². The van der Waals surface area contributed by atoms with Crippen molar-refractivity contribution in [2.45, 2.75) is 32.7 Å². The zero-order chi connectivity index (χ0) is 11.0. The van der Waals surface area contributed by atoms with Crippen molar-refractivity contribution in [3.05, 3.63) is 12.7 Å². The topological polar surface area (TPSA) is 38.3 Å². The summed E-state index contributed by atoms with van der Waals surface area (Å²) in [6.07, 6.45) is 3.51. The van der Waals surface area contributed by atoms with Crippen molar-refractivity contribution in [2.24, 2.45) is 5.92 Å². The largest absolute Gasteiger partial charge is 0.468 e. The van der Waals surface area contributed by atoms with Crippen LogP contribution in [0.4, 0.5) is 0 Å². The summed E-state index contributed by atoms with van der Waals surface area (Å²) >= 11 is 0. The molecule has 0 aliphatic heterocycles. The van der Waals surface area contributed by atoms with E-state index < -0.39 is 0 Å². The highest BCUT2D eigenvalue weighted by atomic mass is 16.5. The van der Waals surface area contributed by atoms with E-state index in [0.29, 0.717) is 5.92 Å². The minimum Gasteiger partial charge on any atom is -0.468 e. The second-order valence-electron chi connectivity index (χ2n) is 3.74. The normalized spacial score (nSPS) is 12.6. The lowest BCUT2D eigenvalue weighted by atomic mass is 10.0. The number of esters is 1. The van der Waals surface area contributed by atoms with Crippen molar-refractivity contribution in [3.63, 3.8) is 0 Å². The van der Waals surface area contributed by atoms with Crippen LogP contribution in [-0.2, 0) is 9.53 Å². The number of rotatable bonds is 7. The van der Waals surface area contributed by atoms with Gasteiger partial charge in [0.2, 0.25) is 0 Å². The van der Waals surface area contributed by atoms with Crippen molar-refractivity contribution in [1.82, 2.24) is 5.32 Å². The Morgan fingerprint density at radius 3 is 2.64 bits per heavy atom. The van der Waals surface area contributed by atoms with Gasteiger partial charge in [0.05, 0.1) is 7.11 Å². The highest BCUT2D eigenvalue weighted by Crippen LogP contribution is 2.06. The van der Waals surface area contributed by atoms with E-state index >= 15 is 0 Å². The van der Waals surface area contributed by atoms with Gasteiger partial charge in [0.15, 0.2) is 0 Å². The molecule has 1 atom stereocenters. The Morgan fingerprint density at radius 2 is 2.21 bits per heavy atom. The highest BCUT2D eigenvalue weighted by Gasteiger charge is 2.18. The van der Waals surface area contributed by atoms with Crippen LogP contribution in [0.3, 0.4) is 0 Å². The predicted octanol–water partition coefficient (Wildman–Crippen LogP) is 1.74. The van der Waals surface area contributed by atoms with Gasteiger partial charge in [0, 0.05) is 0 Å². The summed E-state index contributed by atoms with van der Waals surface area (Å²) in [6, 6.07) is -0.181. The third-order valence-electron chi connectivity index (χ3n) is 1.93. The summed E-state index contributed by atoms with van der Waals surface area (Å²) in [5.74, 6) is 0.304. The Bertz CT molecular complexity index is 178. The Kier molecular flexibility index (Phi) is 7.11. The van der Waals surface area contributed by atoms with Crippen LogP contribution >= 0.6 is 0 Å². The maximum absolute atomic E-state index is 11.3. The first-order valence-electron chi connectivity index (χ1n) is 5.04. The molecule has 0 saturated carbocycles. The van der Waals surface area contributed by atoms with Crippen LogP contribution in [0, 0.1) is 5.92 Å². The standard InChI is InChI=1S/C11H21NO2/c1-5-6-7-12-10(8-9(2)3)11(13)14-4/h5,9-10,12H,1,6-8H2,2-4H3. The molecule has 3 heteroatoms. The van der Waals surface area contributed by atoms with Gasteiger partial charge in [-0.2, -0.15) is 0 Å². The van der Waals surface area contributed by atoms with Crippen molar-refractivity contribution in [3.8, 4) is 0 Å². The molecule has 82 valence electrons. The number of carbonyl (C=O) groups is 1. The molecule has 0 heterocycles. The van der Waals surface area contributed by atoms with Crippen LogP contribution in [0.2, 0.25) is 0 Å². The second-order valence-corrected chi connectivity index (χ2v) is 3.74. The zero-order valence-electron chi connectivity index (χ0n) is 9.38. The first-order chi connectivity index (χ1) is 6.61. The molecule has 14 heavy (non-hydrogen) atoms. The lowest BCUT2D eigenvalue weighted by molar-refractivity contribution is -0.143. The van der Waals surface area contributed by atoms with E-state index in [1.54, 1.807) is 0 Å². The lowest BCUT2D eigenvalue weighted by Crippen LogP contribution is -2.39. The van der Waals surface area contributed by atoms with Gasteiger partial charge < -0.3 is 10.1 Å². The van der Waals surface area contributed by atoms with Gasteiger partial charge in [-0.25, -0.2) is 0 Å². The molecule has 0 rings (SSSR count). The summed E-state index contributed by atoms with van der Waals surface area (Å²) in [4.78, 5) is 11.3. The maximum atomic E-state index is 11.3. The van der Waals surface area contributed by atoms with Gasteiger partial charge in [-0.05, 0) is 25.3 Å². The molecule has 1 N–H and O–H groups in total. The van der Waals surface area contributed by atoms with Crippen LogP contribution < -0.4 is 5.32 Å². The molecule has 0 saturated heterocycles. The van der Waals surface area contributed by atoms with Crippen molar-refractivity contribution >= 4 is 5.97 Å². The van der Waals surface area contributed by atoms with E-state index in [9.17, 15) is 4.79 Å². The number of carbonyl (C=O) groups excluding carboxylic acids is 1. The quantitative estimate of drug-likeness (QED) is 0.385. The minimum atomic E-state index is -0.181. The number of nitrogens with one attached hydrogen (secondary N) is 1. The van der Waals surface area contributed by atoms with Crippen molar-refractivity contribution < 1.29 is 9.53 Å². The van der Waals surface area contributed by atoms with Crippen LogP contribution in [0.1, 0.15) is 26.7 Å². The molecular weight excluding hydrogens is 178 g/mol. The fourth-order valence-corrected chi connectivity index (χ4v) is 1.24. The second kappa shape index (κ2) is 7.56. The van der Waals surface area contributed by atoms with Crippen LogP contribution in [0.15, 0.2) is 12.7 Å². The minimum absolute atomic E-state index is 0.178. The molecule has 0 aromatic rings. The molecule has 0 bridgehead atoms. The number of hydrogen-bond acceptors (Lipinski definition) is 3. The fraction of sp³-hybridized carbons (Fsp3) is 0.727. The Balaban J connectivity index is 3.96. The highest BCUT2D eigenvalue weighted by molar-refractivity contribution is 5.75. The van der Waals surface area contributed by atoms with Crippen LogP contribution in [0.25, 0.3) is 0 Å². The summed E-state index contributed by atoms with van der Waals surface area (Å²) < 4.78 is 4.72. The van der Waals surface area contributed by atoms with Gasteiger partial charge >= 0.3 is 5.97 Å². The van der Waals surface area contributed by atoms with E-state index in [1.807, 2.05) is 6.08 Å². The average Bonchev–Trinajstić information content (AvgIpc) is 2.15. The third kappa shape index (κ3) is 5.75. The van der Waals surface area contributed by atoms with Gasteiger partial charge in [-0.15, -0.1) is 6.58 Å². The first kappa shape index (κ1) is 13.2. The van der Waals surface area contributed by atoms with E-state index in [1.165, 1.54) is 7.11 Å². The van der Waals surface area contributed by atoms with Crippen molar-refractivity contribution in [1.29, 1.82) is 0 Å². The Hall–Kier alpha value is -0.830. The monoisotopic (exact) mass is 199 g/mol. The molecular formula is C11H21NO2. The predicted molar refractivity (Wildman–Crippen MR) is 58.1 cm³/mol. The number of methoxy groups -OCH3 is 1. The molecule has 1 unspecified atom stereocenters.